The number of amides is 1. The molecule has 0 saturated carbocycles. The van der Waals surface area contributed by atoms with Crippen LogP contribution >= 0.6 is 23.2 Å². The molecule has 0 aliphatic heterocycles. The Balaban J connectivity index is 2.30. The molecule has 110 valence electrons. The van der Waals surface area contributed by atoms with Crippen molar-refractivity contribution in [3.8, 4) is 5.75 Å². The summed E-state index contributed by atoms with van der Waals surface area (Å²) in [6.07, 6.45) is 0. The number of methoxy groups -OCH3 is 1. The van der Waals surface area contributed by atoms with Gasteiger partial charge in [0.25, 0.3) is 5.91 Å². The van der Waals surface area contributed by atoms with Crippen molar-refractivity contribution in [3.63, 3.8) is 0 Å². The highest BCUT2D eigenvalue weighted by atomic mass is 35.5. The molecule has 0 radical (unpaired) electrons. The fraction of sp³-hybridized carbons (Fsp3) is 0.0714. The number of hydrogen-bond acceptors (Lipinski definition) is 3. The summed E-state index contributed by atoms with van der Waals surface area (Å²) in [5.41, 5.74) is 6.41. The Kier molecular flexibility index (Phi) is 4.55. The lowest BCUT2D eigenvalue weighted by molar-refractivity contribution is 0.102. The first-order chi connectivity index (χ1) is 9.92. The van der Waals surface area contributed by atoms with Crippen molar-refractivity contribution < 1.29 is 13.9 Å². The summed E-state index contributed by atoms with van der Waals surface area (Å²) in [7, 11) is 1.38. The Morgan fingerprint density at radius 1 is 1.29 bits per heavy atom. The van der Waals surface area contributed by atoms with Gasteiger partial charge in [-0.3, -0.25) is 4.79 Å². The Morgan fingerprint density at radius 3 is 2.62 bits per heavy atom. The Hall–Kier alpha value is -1.98. The highest BCUT2D eigenvalue weighted by Crippen LogP contribution is 2.30. The molecule has 0 aliphatic rings. The molecule has 0 atom stereocenters. The lowest BCUT2D eigenvalue weighted by atomic mass is 10.1. The number of nitrogens with one attached hydrogen (secondary N) is 1. The van der Waals surface area contributed by atoms with E-state index in [-0.39, 0.29) is 27.0 Å². The molecular weight excluding hydrogens is 318 g/mol. The van der Waals surface area contributed by atoms with Crippen molar-refractivity contribution >= 4 is 40.5 Å². The van der Waals surface area contributed by atoms with Crippen LogP contribution in [-0.2, 0) is 0 Å². The van der Waals surface area contributed by atoms with Crippen LogP contribution in [0.2, 0.25) is 10.0 Å². The minimum atomic E-state index is -0.469. The number of carbonyl (C=O) groups is 1. The van der Waals surface area contributed by atoms with E-state index in [9.17, 15) is 9.18 Å². The van der Waals surface area contributed by atoms with E-state index in [0.717, 1.165) is 0 Å². The first-order valence-electron chi connectivity index (χ1n) is 5.81. The van der Waals surface area contributed by atoms with Crippen molar-refractivity contribution in [2.45, 2.75) is 0 Å². The van der Waals surface area contributed by atoms with Crippen LogP contribution in [0.1, 0.15) is 10.4 Å². The van der Waals surface area contributed by atoms with Crippen LogP contribution in [0, 0.1) is 5.82 Å². The SMILES string of the molecule is COc1cc(F)ccc1NC(=O)c1cc(N)c(Cl)c(Cl)c1. The van der Waals surface area contributed by atoms with E-state index in [1.54, 1.807) is 0 Å². The summed E-state index contributed by atoms with van der Waals surface area (Å²) in [4.78, 5) is 12.2. The molecule has 0 fully saturated rings. The molecule has 0 saturated heterocycles. The Labute approximate surface area is 130 Å². The van der Waals surface area contributed by atoms with Gasteiger partial charge in [-0.1, -0.05) is 23.2 Å². The lowest BCUT2D eigenvalue weighted by Gasteiger charge is -2.11. The van der Waals surface area contributed by atoms with Crippen LogP contribution in [0.3, 0.4) is 0 Å². The van der Waals surface area contributed by atoms with E-state index >= 15 is 0 Å². The molecule has 4 nitrogen and oxygen atoms in total. The number of anilines is 2. The molecule has 2 rings (SSSR count). The normalized spacial score (nSPS) is 10.3. The molecule has 0 heterocycles. The largest absolute Gasteiger partial charge is 0.494 e. The third-order valence-electron chi connectivity index (χ3n) is 2.73. The average Bonchev–Trinajstić information content (AvgIpc) is 2.45. The summed E-state index contributed by atoms with van der Waals surface area (Å²) < 4.78 is 18.1. The van der Waals surface area contributed by atoms with Crippen molar-refractivity contribution in [1.29, 1.82) is 0 Å². The molecule has 0 spiro atoms. The lowest BCUT2D eigenvalue weighted by Crippen LogP contribution is -2.13. The number of nitrogens with two attached hydrogens (primary N) is 1. The smallest absolute Gasteiger partial charge is 0.255 e. The van der Waals surface area contributed by atoms with Gasteiger partial charge >= 0.3 is 0 Å². The van der Waals surface area contributed by atoms with Crippen molar-refractivity contribution in [1.82, 2.24) is 0 Å². The molecule has 1 amide bonds. The summed E-state index contributed by atoms with van der Waals surface area (Å²) in [5, 5.41) is 2.95. The van der Waals surface area contributed by atoms with E-state index in [0.29, 0.717) is 5.69 Å². The minimum absolute atomic E-state index is 0.174. The number of nitrogen functional groups attached to an aromatic ring is 1. The van der Waals surface area contributed by atoms with E-state index in [4.69, 9.17) is 33.7 Å². The standard InChI is InChI=1S/C14H11Cl2FN2O2/c1-21-12-6-8(17)2-3-11(12)19-14(20)7-4-9(15)13(16)10(18)5-7/h2-6H,18H2,1H3,(H,19,20). The number of hydrogen-bond donors (Lipinski definition) is 2. The number of rotatable bonds is 3. The van der Waals surface area contributed by atoms with Crippen molar-refractivity contribution in [2.75, 3.05) is 18.2 Å². The molecule has 0 unspecified atom stereocenters. The number of benzene rings is 2. The maximum absolute atomic E-state index is 13.1. The molecule has 2 aromatic rings. The summed E-state index contributed by atoms with van der Waals surface area (Å²) in [6, 6.07) is 6.57. The minimum Gasteiger partial charge on any atom is -0.494 e. The fourth-order valence-corrected chi connectivity index (χ4v) is 2.04. The van der Waals surface area contributed by atoms with E-state index in [1.165, 1.54) is 37.4 Å². The maximum atomic E-state index is 13.1. The third-order valence-corrected chi connectivity index (χ3v) is 3.55. The quantitative estimate of drug-likeness (QED) is 0.837. The van der Waals surface area contributed by atoms with Gasteiger partial charge in [-0.2, -0.15) is 0 Å². The van der Waals surface area contributed by atoms with E-state index in [2.05, 4.69) is 5.32 Å². The highest BCUT2D eigenvalue weighted by molar-refractivity contribution is 6.44. The highest BCUT2D eigenvalue weighted by Gasteiger charge is 2.14. The van der Waals surface area contributed by atoms with Gasteiger partial charge in [0, 0.05) is 11.6 Å². The summed E-state index contributed by atoms with van der Waals surface area (Å²) >= 11 is 11.7. The van der Waals surface area contributed by atoms with Crippen LogP contribution in [0.4, 0.5) is 15.8 Å². The van der Waals surface area contributed by atoms with Crippen LogP contribution in [0.15, 0.2) is 30.3 Å². The van der Waals surface area contributed by atoms with Gasteiger partial charge in [0.2, 0.25) is 0 Å². The van der Waals surface area contributed by atoms with Gasteiger partial charge in [0.1, 0.15) is 11.6 Å². The number of halogens is 3. The van der Waals surface area contributed by atoms with Crippen molar-refractivity contribution in [3.05, 3.63) is 51.8 Å². The molecule has 0 bridgehead atoms. The third kappa shape index (κ3) is 3.37. The van der Waals surface area contributed by atoms with Crippen LogP contribution in [0.25, 0.3) is 0 Å². The van der Waals surface area contributed by atoms with E-state index < -0.39 is 11.7 Å². The first-order valence-corrected chi connectivity index (χ1v) is 6.57. The van der Waals surface area contributed by atoms with Crippen LogP contribution in [-0.4, -0.2) is 13.0 Å². The molecule has 21 heavy (non-hydrogen) atoms. The first kappa shape index (κ1) is 15.4. The summed E-state index contributed by atoms with van der Waals surface area (Å²) in [6.45, 7) is 0. The van der Waals surface area contributed by atoms with Gasteiger partial charge in [0.15, 0.2) is 0 Å². The van der Waals surface area contributed by atoms with Gasteiger partial charge in [-0.05, 0) is 24.3 Å². The molecule has 2 aromatic carbocycles. The molecule has 3 N–H and O–H groups in total. The predicted octanol–water partition coefficient (Wildman–Crippen LogP) is 3.98. The molecular formula is C14H11Cl2FN2O2. The Bertz CT molecular complexity index is 684. The number of ether oxygens (including phenoxy) is 1. The van der Waals surface area contributed by atoms with Crippen LogP contribution in [0.5, 0.6) is 5.75 Å². The maximum Gasteiger partial charge on any atom is 0.255 e. The Morgan fingerprint density at radius 2 is 2.00 bits per heavy atom. The van der Waals surface area contributed by atoms with Gasteiger partial charge < -0.3 is 15.8 Å². The van der Waals surface area contributed by atoms with Crippen molar-refractivity contribution in [2.24, 2.45) is 0 Å². The second-order valence-corrected chi connectivity index (χ2v) is 4.95. The van der Waals surface area contributed by atoms with Crippen LogP contribution < -0.4 is 15.8 Å². The van der Waals surface area contributed by atoms with Gasteiger partial charge in [0.05, 0.1) is 28.5 Å². The van der Waals surface area contributed by atoms with Gasteiger partial charge in [-0.15, -0.1) is 0 Å². The fourth-order valence-electron chi connectivity index (χ4n) is 1.70. The predicted molar refractivity (Wildman–Crippen MR) is 81.8 cm³/mol. The average molecular weight is 329 g/mol. The molecule has 0 aromatic heterocycles. The topological polar surface area (TPSA) is 64.3 Å². The second-order valence-electron chi connectivity index (χ2n) is 4.16. The second kappa shape index (κ2) is 6.20. The van der Waals surface area contributed by atoms with Gasteiger partial charge in [-0.25, -0.2) is 4.39 Å². The monoisotopic (exact) mass is 328 g/mol. The molecule has 0 aliphatic carbocycles. The number of carbonyl (C=O) groups excluding carboxylic acids is 1. The molecule has 7 heteroatoms. The zero-order valence-corrected chi connectivity index (χ0v) is 12.4. The zero-order chi connectivity index (χ0) is 15.6. The zero-order valence-electron chi connectivity index (χ0n) is 10.9. The summed E-state index contributed by atoms with van der Waals surface area (Å²) in [5.74, 6) is -0.731. The van der Waals surface area contributed by atoms with E-state index in [1.807, 2.05) is 0 Å².